The first kappa shape index (κ1) is 12.3. The summed E-state index contributed by atoms with van der Waals surface area (Å²) < 4.78 is 0. The van der Waals surface area contributed by atoms with Crippen molar-refractivity contribution in [2.75, 3.05) is 0 Å². The van der Waals surface area contributed by atoms with Gasteiger partial charge in [0.1, 0.15) is 5.78 Å². The normalized spacial score (nSPS) is 12.6. The minimum atomic E-state index is -0.398. The first-order chi connectivity index (χ1) is 6.91. The first-order valence-corrected chi connectivity index (χ1v) is 5.56. The Balaban J connectivity index is 3.00. The molecule has 0 aliphatic carbocycles. The van der Waals surface area contributed by atoms with Crippen molar-refractivity contribution in [3.8, 4) is 0 Å². The van der Waals surface area contributed by atoms with Crippen LogP contribution < -0.4 is 0 Å². The molecule has 1 rings (SSSR count). The van der Waals surface area contributed by atoms with Crippen molar-refractivity contribution in [2.24, 2.45) is 0 Å². The van der Waals surface area contributed by atoms with Gasteiger partial charge in [-0.1, -0.05) is 17.7 Å². The van der Waals surface area contributed by atoms with Gasteiger partial charge in [-0.25, -0.2) is 0 Å². The van der Waals surface area contributed by atoms with Gasteiger partial charge in [0.2, 0.25) is 0 Å². The molecule has 1 atom stereocenters. The lowest BCUT2D eigenvalue weighted by atomic mass is 9.95. The Morgan fingerprint density at radius 2 is 1.73 bits per heavy atom. The van der Waals surface area contributed by atoms with E-state index in [9.17, 15) is 4.79 Å². The predicted molar refractivity (Wildman–Crippen MR) is 64.7 cm³/mol. The van der Waals surface area contributed by atoms with Gasteiger partial charge in [-0.3, -0.25) is 4.79 Å². The van der Waals surface area contributed by atoms with Crippen LogP contribution in [0, 0.1) is 20.8 Å². The molecule has 1 aromatic rings. The number of rotatable bonds is 3. The number of halogens is 1. The number of aryl methyl sites for hydroxylation is 3. The van der Waals surface area contributed by atoms with E-state index in [1.54, 1.807) is 0 Å². The Hall–Kier alpha value is -0.820. The molecule has 15 heavy (non-hydrogen) atoms. The zero-order valence-corrected chi connectivity index (χ0v) is 10.5. The second-order valence-corrected chi connectivity index (χ2v) is 4.69. The summed E-state index contributed by atoms with van der Waals surface area (Å²) in [5.74, 6) is 0.0380. The molecular weight excluding hydrogens is 208 g/mol. The van der Waals surface area contributed by atoms with Crippen molar-refractivity contribution in [1.29, 1.82) is 0 Å². The van der Waals surface area contributed by atoms with Crippen molar-refractivity contribution in [2.45, 2.75) is 39.5 Å². The van der Waals surface area contributed by atoms with Crippen molar-refractivity contribution in [1.82, 2.24) is 0 Å². The maximum atomic E-state index is 11.1. The molecular formula is C13H17ClO. The van der Waals surface area contributed by atoms with E-state index in [1.807, 2.05) is 0 Å². The predicted octanol–water partition coefficient (Wildman–Crippen LogP) is 3.35. The summed E-state index contributed by atoms with van der Waals surface area (Å²) in [5.41, 5.74) is 4.90. The van der Waals surface area contributed by atoms with Gasteiger partial charge >= 0.3 is 0 Å². The highest BCUT2D eigenvalue weighted by molar-refractivity contribution is 6.30. The van der Waals surface area contributed by atoms with E-state index < -0.39 is 5.38 Å². The van der Waals surface area contributed by atoms with Crippen LogP contribution in [0.15, 0.2) is 12.1 Å². The molecule has 0 fully saturated rings. The Morgan fingerprint density at radius 3 is 2.13 bits per heavy atom. The van der Waals surface area contributed by atoms with Gasteiger partial charge in [0.15, 0.2) is 0 Å². The smallest absolute Gasteiger partial charge is 0.147 e. The molecule has 0 aliphatic rings. The number of alkyl halides is 1. The summed E-state index contributed by atoms with van der Waals surface area (Å²) in [6.45, 7) is 7.75. The maximum absolute atomic E-state index is 11.1. The molecule has 0 aromatic heterocycles. The van der Waals surface area contributed by atoms with Crippen LogP contribution in [0.3, 0.4) is 0 Å². The zero-order chi connectivity index (χ0) is 11.6. The first-order valence-electron chi connectivity index (χ1n) is 5.13. The fourth-order valence-electron chi connectivity index (χ4n) is 1.85. The summed E-state index contributed by atoms with van der Waals surface area (Å²) in [6.07, 6.45) is 0.634. The Bertz CT molecular complexity index is 359. The minimum absolute atomic E-state index is 0.0380. The number of hydrogen-bond donors (Lipinski definition) is 0. The number of benzene rings is 1. The van der Waals surface area contributed by atoms with Gasteiger partial charge in [0.05, 0.1) is 5.38 Å². The summed E-state index contributed by atoms with van der Waals surface area (Å²) in [7, 11) is 0. The minimum Gasteiger partial charge on any atom is -0.298 e. The molecule has 0 spiro atoms. The van der Waals surface area contributed by atoms with Gasteiger partial charge in [-0.15, -0.1) is 11.6 Å². The third-order valence-electron chi connectivity index (χ3n) is 2.66. The van der Waals surface area contributed by atoms with E-state index in [2.05, 4.69) is 32.9 Å². The largest absolute Gasteiger partial charge is 0.298 e. The van der Waals surface area contributed by atoms with Gasteiger partial charge in [-0.2, -0.15) is 0 Å². The highest BCUT2D eigenvalue weighted by atomic mass is 35.5. The molecule has 0 heterocycles. The molecule has 0 saturated heterocycles. The fraction of sp³-hybridized carbons (Fsp3) is 0.462. The Kier molecular flexibility index (Phi) is 3.92. The number of carbonyl (C=O) groups excluding carboxylic acids is 1. The summed E-state index contributed by atoms with van der Waals surface area (Å²) in [4.78, 5) is 11.1. The Labute approximate surface area is 96.5 Å². The number of carbonyl (C=O) groups is 1. The van der Waals surface area contributed by atoms with E-state index in [0.29, 0.717) is 6.42 Å². The van der Waals surface area contributed by atoms with Gasteiger partial charge < -0.3 is 0 Å². The van der Waals surface area contributed by atoms with Crippen molar-refractivity contribution in [3.05, 3.63) is 34.4 Å². The second kappa shape index (κ2) is 4.80. The van der Waals surface area contributed by atoms with Gasteiger partial charge in [0, 0.05) is 0 Å². The summed E-state index contributed by atoms with van der Waals surface area (Å²) in [5, 5.41) is -0.398. The number of ketones is 1. The quantitative estimate of drug-likeness (QED) is 0.720. The SMILES string of the molecule is CC(=O)C(Cl)Cc1c(C)cc(C)cc1C. The lowest BCUT2D eigenvalue weighted by Gasteiger charge is -2.13. The lowest BCUT2D eigenvalue weighted by Crippen LogP contribution is -2.15. The third kappa shape index (κ3) is 3.07. The van der Waals surface area contributed by atoms with Crippen LogP contribution in [0.25, 0.3) is 0 Å². The van der Waals surface area contributed by atoms with Crippen LogP contribution in [0.4, 0.5) is 0 Å². The van der Waals surface area contributed by atoms with E-state index in [-0.39, 0.29) is 5.78 Å². The topological polar surface area (TPSA) is 17.1 Å². The highest BCUT2D eigenvalue weighted by Crippen LogP contribution is 2.19. The average Bonchev–Trinajstić information content (AvgIpc) is 2.10. The van der Waals surface area contributed by atoms with Crippen molar-refractivity contribution < 1.29 is 4.79 Å². The molecule has 1 aromatic carbocycles. The Morgan fingerprint density at radius 1 is 1.27 bits per heavy atom. The van der Waals surface area contributed by atoms with Crippen LogP contribution in [-0.2, 0) is 11.2 Å². The molecule has 0 aliphatic heterocycles. The number of hydrogen-bond acceptors (Lipinski definition) is 1. The van der Waals surface area contributed by atoms with Crippen molar-refractivity contribution >= 4 is 17.4 Å². The molecule has 1 nitrogen and oxygen atoms in total. The van der Waals surface area contributed by atoms with Crippen LogP contribution >= 0.6 is 11.6 Å². The van der Waals surface area contributed by atoms with Crippen LogP contribution in [0.5, 0.6) is 0 Å². The van der Waals surface area contributed by atoms with E-state index in [0.717, 1.165) is 0 Å². The number of Topliss-reactive ketones (excluding diaryl/α,β-unsaturated/α-hetero) is 1. The molecule has 0 bridgehead atoms. The van der Waals surface area contributed by atoms with Gasteiger partial charge in [-0.05, 0) is 50.8 Å². The van der Waals surface area contributed by atoms with E-state index >= 15 is 0 Å². The van der Waals surface area contributed by atoms with Crippen LogP contribution in [0.1, 0.15) is 29.2 Å². The average molecular weight is 225 g/mol. The van der Waals surface area contributed by atoms with Crippen LogP contribution in [-0.4, -0.2) is 11.2 Å². The maximum Gasteiger partial charge on any atom is 0.147 e. The monoisotopic (exact) mass is 224 g/mol. The van der Waals surface area contributed by atoms with E-state index in [4.69, 9.17) is 11.6 Å². The third-order valence-corrected chi connectivity index (χ3v) is 3.13. The molecule has 82 valence electrons. The molecule has 0 N–H and O–H groups in total. The van der Waals surface area contributed by atoms with Crippen molar-refractivity contribution in [3.63, 3.8) is 0 Å². The second-order valence-electron chi connectivity index (χ2n) is 4.16. The molecule has 2 heteroatoms. The standard InChI is InChI=1S/C13H17ClO/c1-8-5-9(2)12(10(3)6-8)7-13(14)11(4)15/h5-6,13H,7H2,1-4H3. The zero-order valence-electron chi connectivity index (χ0n) is 9.73. The van der Waals surface area contributed by atoms with Gasteiger partial charge in [0.25, 0.3) is 0 Å². The molecule has 0 radical (unpaired) electrons. The summed E-state index contributed by atoms with van der Waals surface area (Å²) >= 11 is 5.98. The molecule has 1 unspecified atom stereocenters. The molecule has 0 amide bonds. The fourth-order valence-corrected chi connectivity index (χ4v) is 2.01. The van der Waals surface area contributed by atoms with E-state index in [1.165, 1.54) is 29.2 Å². The molecule has 0 saturated carbocycles. The van der Waals surface area contributed by atoms with Crippen LogP contribution in [0.2, 0.25) is 0 Å². The highest BCUT2D eigenvalue weighted by Gasteiger charge is 2.14. The lowest BCUT2D eigenvalue weighted by molar-refractivity contribution is -0.116. The summed E-state index contributed by atoms with van der Waals surface area (Å²) in [6, 6.07) is 4.26.